The third kappa shape index (κ3) is 15.2. The standard InChI is InChI=1S/C21H23F3N4O.C21H26N3O2.C21H24N2O2.C18H22N4O/c1-13-8-15-16-11-27(3)7-6-17(16)28(19(15)26-9-13)12-20(2,29)14-4-5-18(25-10-14)21(22,23)24;1-15-6-7-19-17(11-15)18-13-24(3,26)10-8-20(18)23(19)14-21(2,25)16-5-4-9-22-12-16;1-21(25,16-5-4-10-22-12-16)14-23-19-7-3-2-6-17(19)18-11-15(13-24)8-9-20(18)23;1-12-3-4-16-14(7-12)15-10-21(2)6-5-17(15)22(16)11-18(23)13-8-19-20-9-13/h4-5,8-10,29H,6-7,11-12H2,1-3H3;4-7,9,11-12,25-26H,8,10,13-14H2,1-3H3;4-5,8-12,24-25H,2-3,6-7,13-14H2,1H3;3-4,7-9,18,23H,5-6,10-11H2,1-2H3,(H,19,20)/q;+1;;. The van der Waals surface area contributed by atoms with Crippen LogP contribution in [0.5, 0.6) is 0 Å². The number of aliphatic hydroxyl groups is 5. The van der Waals surface area contributed by atoms with Crippen LogP contribution in [0, 0.1) is 20.8 Å². The summed E-state index contributed by atoms with van der Waals surface area (Å²) in [5, 5.41) is 75.5. The molecular weight excluding hydrogens is 1310 g/mol. The van der Waals surface area contributed by atoms with Crippen LogP contribution in [0.25, 0.3) is 43.7 Å². The molecule has 5 unspecified atom stereocenters. The molecule has 0 saturated carbocycles. The van der Waals surface area contributed by atoms with Crippen LogP contribution in [-0.4, -0.2) is 134 Å². The number of H-pyrrole nitrogens is 1. The van der Waals surface area contributed by atoms with E-state index in [1.165, 1.54) is 91.0 Å². The molecule has 22 heteroatoms. The summed E-state index contributed by atoms with van der Waals surface area (Å²) in [4.78, 5) is 21.0. The lowest BCUT2D eigenvalue weighted by Crippen LogP contribution is -2.44. The van der Waals surface area contributed by atoms with E-state index in [-0.39, 0.29) is 17.8 Å². The van der Waals surface area contributed by atoms with Gasteiger partial charge in [-0.15, -0.1) is 0 Å². The maximum Gasteiger partial charge on any atom is 0.433 e. The molecule has 3 aromatic carbocycles. The predicted octanol–water partition coefficient (Wildman–Crippen LogP) is 12.5. The Morgan fingerprint density at radius 1 is 0.553 bits per heavy atom. The van der Waals surface area contributed by atoms with Crippen LogP contribution in [0.2, 0.25) is 0 Å². The largest absolute Gasteiger partial charge is 0.433 e. The molecule has 0 radical (unpaired) electrons. The van der Waals surface area contributed by atoms with Gasteiger partial charge >= 0.3 is 6.18 Å². The molecular formula is C81H95F3N13O6+. The first kappa shape index (κ1) is 72.4. The number of hydrogen-bond acceptors (Lipinski definition) is 13. The summed E-state index contributed by atoms with van der Waals surface area (Å²) in [5.74, 6) is 0. The molecule has 12 heterocycles. The number of quaternary nitrogens is 1. The molecule has 0 fully saturated rings. The molecule has 9 aromatic heterocycles. The van der Waals surface area contributed by atoms with Crippen molar-refractivity contribution < 1.29 is 48.6 Å². The number of pyridine rings is 4. The van der Waals surface area contributed by atoms with E-state index in [0.717, 1.165) is 126 Å². The molecule has 0 amide bonds. The van der Waals surface area contributed by atoms with Crippen molar-refractivity contribution in [3.63, 3.8) is 0 Å². The highest BCUT2D eigenvalue weighted by molar-refractivity contribution is 5.89. The molecule has 19 nitrogen and oxygen atoms in total. The van der Waals surface area contributed by atoms with Gasteiger partial charge in [0.2, 0.25) is 0 Å². The highest BCUT2D eigenvalue weighted by atomic mass is 19.4. The highest BCUT2D eigenvalue weighted by Crippen LogP contribution is 2.40. The SMILES string of the molecule is CC(O)(Cn1c2c(c3cc(CO)ccc31)CCCC2)c1cccnc1.Cc1ccc2c(c1)c1c(n2CC(C)(O)c2cccnc2)CC[N+](C)(O)C1.Cc1ccc2c(c1)c1c(n2CC(O)c2cn[nH]c2)CCN(C)C1.Cc1cnc2c(c1)c1c(n2CC(C)(O)c2ccc(C(F)(F)F)nc2)CCN(C)C1. The van der Waals surface area contributed by atoms with E-state index in [1.54, 1.807) is 50.3 Å². The zero-order chi connectivity index (χ0) is 72.9. The topological polar surface area (TPSA) is 228 Å². The van der Waals surface area contributed by atoms with E-state index in [1.807, 2.05) is 62.7 Å². The number of rotatable bonds is 13. The summed E-state index contributed by atoms with van der Waals surface area (Å²) in [5.41, 5.74) is 17.4. The minimum atomic E-state index is -4.51. The second-order valence-corrected chi connectivity index (χ2v) is 29.9. The third-order valence-electron chi connectivity index (χ3n) is 21.3. The monoisotopic (exact) mass is 1400 g/mol. The molecule has 0 spiro atoms. The van der Waals surface area contributed by atoms with Gasteiger partial charge in [-0.2, -0.15) is 22.9 Å². The minimum Gasteiger partial charge on any atom is -0.392 e. The number of hydroxylamine groups is 3. The molecule has 5 atom stereocenters. The predicted molar refractivity (Wildman–Crippen MR) is 393 cm³/mol. The van der Waals surface area contributed by atoms with Crippen LogP contribution in [0.15, 0.2) is 147 Å². The lowest BCUT2D eigenvalue weighted by Gasteiger charge is -2.31. The number of aliphatic hydroxyl groups excluding tert-OH is 2. The van der Waals surface area contributed by atoms with Crippen molar-refractivity contribution in [2.24, 2.45) is 0 Å². The van der Waals surface area contributed by atoms with Gasteiger partial charge in [0.1, 0.15) is 41.2 Å². The van der Waals surface area contributed by atoms with Gasteiger partial charge in [-0.3, -0.25) is 20.1 Å². The Bertz CT molecular complexity index is 5000. The van der Waals surface area contributed by atoms with E-state index in [0.29, 0.717) is 38.3 Å². The van der Waals surface area contributed by atoms with Crippen molar-refractivity contribution in [2.75, 3.05) is 40.8 Å². The number of likely N-dealkylation sites (N-methyl/N-ethyl adjacent to an activating group) is 3. The normalized spacial score (nSPS) is 18.2. The van der Waals surface area contributed by atoms with Gasteiger partial charge < -0.3 is 53.6 Å². The fourth-order valence-electron chi connectivity index (χ4n) is 15.8. The van der Waals surface area contributed by atoms with Crippen molar-refractivity contribution in [1.29, 1.82) is 0 Å². The highest BCUT2D eigenvalue weighted by Gasteiger charge is 2.38. The Morgan fingerprint density at radius 3 is 1.64 bits per heavy atom. The minimum absolute atomic E-state index is 0.0129. The van der Waals surface area contributed by atoms with Crippen LogP contribution in [0.1, 0.15) is 135 Å². The van der Waals surface area contributed by atoms with Crippen molar-refractivity contribution in [2.45, 2.75) is 168 Å². The van der Waals surface area contributed by atoms with Crippen LogP contribution >= 0.6 is 0 Å². The smallest absolute Gasteiger partial charge is 0.392 e. The zero-order valence-corrected chi connectivity index (χ0v) is 60.3. The van der Waals surface area contributed by atoms with E-state index < -0.39 is 34.8 Å². The van der Waals surface area contributed by atoms with Crippen molar-refractivity contribution in [3.05, 3.63) is 242 Å². The first-order valence-electron chi connectivity index (χ1n) is 35.6. The Kier molecular flexibility index (Phi) is 20.4. The summed E-state index contributed by atoms with van der Waals surface area (Å²) < 4.78 is 47.3. The van der Waals surface area contributed by atoms with E-state index in [2.05, 4.69) is 136 Å². The Hall–Kier alpha value is -8.94. The zero-order valence-electron chi connectivity index (χ0n) is 60.3. The van der Waals surface area contributed by atoms with Crippen LogP contribution in [0.4, 0.5) is 13.2 Å². The summed E-state index contributed by atoms with van der Waals surface area (Å²) in [6.45, 7) is 18.3. The first-order chi connectivity index (χ1) is 49.1. The molecule has 0 saturated heterocycles. The average molecular weight is 1400 g/mol. The molecule has 1 aliphatic carbocycles. The van der Waals surface area contributed by atoms with Crippen molar-refractivity contribution in [3.8, 4) is 0 Å². The van der Waals surface area contributed by atoms with E-state index in [9.17, 15) is 43.9 Å². The summed E-state index contributed by atoms with van der Waals surface area (Å²) in [6, 6.07) is 31.0. The van der Waals surface area contributed by atoms with Gasteiger partial charge in [0.05, 0.1) is 52.1 Å². The van der Waals surface area contributed by atoms with Gasteiger partial charge in [0, 0.05) is 178 Å². The van der Waals surface area contributed by atoms with Gasteiger partial charge in [0.15, 0.2) is 0 Å². The van der Waals surface area contributed by atoms with E-state index >= 15 is 0 Å². The molecule has 540 valence electrons. The van der Waals surface area contributed by atoms with Gasteiger partial charge in [-0.1, -0.05) is 47.5 Å². The molecule has 16 rings (SSSR count). The Morgan fingerprint density at radius 2 is 1.08 bits per heavy atom. The van der Waals surface area contributed by atoms with E-state index in [4.69, 9.17) is 0 Å². The summed E-state index contributed by atoms with van der Waals surface area (Å²) in [6.07, 6.45) is 15.4. The number of alkyl halides is 3. The molecule has 3 aliphatic heterocycles. The second-order valence-electron chi connectivity index (χ2n) is 29.9. The Balaban J connectivity index is 0.000000123. The van der Waals surface area contributed by atoms with Crippen LogP contribution in [0.3, 0.4) is 0 Å². The number of fused-ring (bicyclic) bond motifs is 12. The first-order valence-corrected chi connectivity index (χ1v) is 35.6. The molecule has 7 N–H and O–H groups in total. The summed E-state index contributed by atoms with van der Waals surface area (Å²) >= 11 is 0. The van der Waals surface area contributed by atoms with Crippen molar-refractivity contribution in [1.82, 2.24) is 58.2 Å². The lowest BCUT2D eigenvalue weighted by molar-refractivity contribution is -1.10. The molecule has 0 bridgehead atoms. The number of hydrogen-bond donors (Lipinski definition) is 7. The summed E-state index contributed by atoms with van der Waals surface area (Å²) in [7, 11) is 6.09. The number of aryl methyl sites for hydroxylation is 4. The maximum atomic E-state index is 12.8. The fraction of sp³-hybridized carbons (Fsp3) is 0.395. The lowest BCUT2D eigenvalue weighted by atomic mass is 9.94. The van der Waals surface area contributed by atoms with Gasteiger partial charge in [-0.25, -0.2) is 10.2 Å². The maximum absolute atomic E-state index is 12.8. The van der Waals surface area contributed by atoms with Crippen molar-refractivity contribution >= 4 is 43.7 Å². The number of halogens is 3. The van der Waals surface area contributed by atoms with Gasteiger partial charge in [0.25, 0.3) is 0 Å². The number of benzene rings is 3. The molecule has 4 aliphatic rings. The number of aromatic amines is 1. The molecule has 103 heavy (non-hydrogen) atoms. The van der Waals surface area contributed by atoms with Gasteiger partial charge in [-0.05, 0) is 170 Å². The molecule has 12 aromatic rings. The second kappa shape index (κ2) is 28.9. The number of nitrogens with one attached hydrogen (secondary N) is 1. The average Bonchev–Trinajstić information content (AvgIpc) is 1.62. The number of nitrogens with zero attached hydrogens (tertiary/aromatic N) is 12. The van der Waals surface area contributed by atoms with Crippen LogP contribution < -0.4 is 0 Å². The quantitative estimate of drug-likeness (QED) is 0.0534. The van der Waals surface area contributed by atoms with Crippen LogP contribution in [-0.2, 0) is 108 Å². The fourth-order valence-corrected chi connectivity index (χ4v) is 15.8. The number of aromatic nitrogens is 10. The Labute approximate surface area is 598 Å². The third-order valence-corrected chi connectivity index (χ3v) is 21.3.